The molecule has 0 aliphatic carbocycles. The van der Waals surface area contributed by atoms with Gasteiger partial charge in [-0.1, -0.05) is 6.07 Å². The number of fused-ring (bicyclic) bond motifs is 1. The number of amides is 1. The zero-order valence-corrected chi connectivity index (χ0v) is 14.2. The fourth-order valence-corrected chi connectivity index (χ4v) is 3.20. The Hall–Kier alpha value is -2.74. The average molecular weight is 344 g/mol. The third-order valence-corrected chi connectivity index (χ3v) is 4.60. The minimum Gasteiger partial charge on any atom is -0.480 e. The number of pyridine rings is 1. The second kappa shape index (κ2) is 6.04. The molecule has 0 bridgehead atoms. The maximum Gasteiger partial charge on any atom is 0.325 e. The molecule has 8 heteroatoms. The van der Waals surface area contributed by atoms with Crippen LogP contribution in [0.2, 0.25) is 0 Å². The van der Waals surface area contributed by atoms with E-state index in [2.05, 4.69) is 15.4 Å². The molecule has 0 aliphatic rings. The van der Waals surface area contributed by atoms with Gasteiger partial charge in [0.25, 0.3) is 5.91 Å². The van der Waals surface area contributed by atoms with Crippen LogP contribution in [-0.2, 0) is 11.8 Å². The molecule has 24 heavy (non-hydrogen) atoms. The first-order chi connectivity index (χ1) is 11.4. The summed E-state index contributed by atoms with van der Waals surface area (Å²) in [6, 6.07) is 4.53. The molecule has 3 heterocycles. The second-order valence-electron chi connectivity index (χ2n) is 5.47. The van der Waals surface area contributed by atoms with E-state index in [0.717, 1.165) is 4.88 Å². The van der Waals surface area contributed by atoms with Gasteiger partial charge >= 0.3 is 5.97 Å². The smallest absolute Gasteiger partial charge is 0.325 e. The van der Waals surface area contributed by atoms with Crippen molar-refractivity contribution in [2.24, 2.45) is 7.05 Å². The molecule has 0 spiro atoms. The molecule has 7 nitrogen and oxygen atoms in total. The zero-order valence-electron chi connectivity index (χ0n) is 13.4. The second-order valence-corrected chi connectivity index (χ2v) is 6.42. The maximum atomic E-state index is 12.6. The standard InChI is InChI=1S/C16H16N4O3S/c1-8-13-10(15(21)17-9(2)16(22)23)7-11(12-5-4-6-24-12)18-14(13)20(3)19-8/h4-7,9H,1-3H3,(H,17,21)(H,22,23)/t9-/m1/s1. The van der Waals surface area contributed by atoms with Gasteiger partial charge in [-0.25, -0.2) is 4.98 Å². The number of carbonyl (C=O) groups is 2. The summed E-state index contributed by atoms with van der Waals surface area (Å²) in [5.41, 5.74) is 2.30. The number of nitrogens with one attached hydrogen (secondary N) is 1. The molecular weight excluding hydrogens is 328 g/mol. The van der Waals surface area contributed by atoms with E-state index in [4.69, 9.17) is 5.11 Å². The summed E-state index contributed by atoms with van der Waals surface area (Å²) in [5, 5.41) is 18.4. The topological polar surface area (TPSA) is 97.1 Å². The maximum absolute atomic E-state index is 12.6. The van der Waals surface area contributed by atoms with Crippen LogP contribution in [0.1, 0.15) is 23.0 Å². The molecule has 1 amide bonds. The van der Waals surface area contributed by atoms with Gasteiger partial charge in [-0.3, -0.25) is 14.3 Å². The number of aryl methyl sites for hydroxylation is 2. The van der Waals surface area contributed by atoms with Gasteiger partial charge in [0.05, 0.1) is 27.2 Å². The van der Waals surface area contributed by atoms with Gasteiger partial charge in [-0.15, -0.1) is 11.3 Å². The van der Waals surface area contributed by atoms with Crippen molar-refractivity contribution >= 4 is 34.2 Å². The molecule has 3 rings (SSSR count). The monoisotopic (exact) mass is 344 g/mol. The molecule has 2 N–H and O–H groups in total. The third kappa shape index (κ3) is 2.76. The van der Waals surface area contributed by atoms with Crippen LogP contribution in [0.15, 0.2) is 23.6 Å². The highest BCUT2D eigenvalue weighted by Gasteiger charge is 2.22. The normalized spacial score (nSPS) is 12.3. The van der Waals surface area contributed by atoms with E-state index in [1.165, 1.54) is 18.3 Å². The van der Waals surface area contributed by atoms with Crippen LogP contribution in [0.25, 0.3) is 21.6 Å². The summed E-state index contributed by atoms with van der Waals surface area (Å²) >= 11 is 1.52. The molecule has 0 aromatic carbocycles. The zero-order chi connectivity index (χ0) is 17.4. The number of thiophene rings is 1. The summed E-state index contributed by atoms with van der Waals surface area (Å²) in [5.74, 6) is -1.54. The molecule has 0 fully saturated rings. The SMILES string of the molecule is Cc1nn(C)c2nc(-c3cccs3)cc(C(=O)N[C@H](C)C(=O)O)c12. The van der Waals surface area contributed by atoms with Gasteiger partial charge in [-0.2, -0.15) is 5.10 Å². The van der Waals surface area contributed by atoms with Crippen LogP contribution < -0.4 is 5.32 Å². The predicted molar refractivity (Wildman–Crippen MR) is 91.1 cm³/mol. The Morgan fingerprint density at radius 1 is 1.42 bits per heavy atom. The van der Waals surface area contributed by atoms with Crippen LogP contribution in [0.3, 0.4) is 0 Å². The highest BCUT2D eigenvalue weighted by molar-refractivity contribution is 7.13. The third-order valence-electron chi connectivity index (χ3n) is 3.70. The Kier molecular flexibility index (Phi) is 4.06. The van der Waals surface area contributed by atoms with Crippen molar-refractivity contribution < 1.29 is 14.7 Å². The van der Waals surface area contributed by atoms with Crippen molar-refractivity contribution in [3.8, 4) is 10.6 Å². The van der Waals surface area contributed by atoms with Crippen LogP contribution >= 0.6 is 11.3 Å². The minimum atomic E-state index is -1.09. The van der Waals surface area contributed by atoms with E-state index in [1.54, 1.807) is 24.7 Å². The molecule has 0 radical (unpaired) electrons. The van der Waals surface area contributed by atoms with Crippen LogP contribution in [0.5, 0.6) is 0 Å². The van der Waals surface area contributed by atoms with Crippen molar-refractivity contribution in [3.63, 3.8) is 0 Å². The molecule has 3 aromatic heterocycles. The van der Waals surface area contributed by atoms with Gasteiger partial charge in [-0.05, 0) is 31.4 Å². The van der Waals surface area contributed by atoms with Crippen LogP contribution in [0.4, 0.5) is 0 Å². The van der Waals surface area contributed by atoms with E-state index < -0.39 is 17.9 Å². The van der Waals surface area contributed by atoms with Gasteiger partial charge in [0.15, 0.2) is 5.65 Å². The minimum absolute atomic E-state index is 0.377. The lowest BCUT2D eigenvalue weighted by atomic mass is 10.1. The lowest BCUT2D eigenvalue weighted by Gasteiger charge is -2.11. The number of rotatable bonds is 4. The highest BCUT2D eigenvalue weighted by Crippen LogP contribution is 2.29. The fraction of sp³-hybridized carbons (Fsp3) is 0.250. The molecule has 0 aliphatic heterocycles. The Morgan fingerprint density at radius 3 is 2.79 bits per heavy atom. The average Bonchev–Trinajstić information content (AvgIpc) is 3.15. The lowest BCUT2D eigenvalue weighted by Crippen LogP contribution is -2.38. The summed E-state index contributed by atoms with van der Waals surface area (Å²) in [4.78, 5) is 29.2. The number of aromatic nitrogens is 3. The predicted octanol–water partition coefficient (Wildman–Crippen LogP) is 2.21. The first kappa shape index (κ1) is 16.1. The van der Waals surface area contributed by atoms with Gasteiger partial charge < -0.3 is 10.4 Å². The summed E-state index contributed by atoms with van der Waals surface area (Å²) < 4.78 is 1.62. The van der Waals surface area contributed by atoms with Crippen molar-refractivity contribution in [2.75, 3.05) is 0 Å². The van der Waals surface area contributed by atoms with E-state index in [0.29, 0.717) is 28.0 Å². The highest BCUT2D eigenvalue weighted by atomic mass is 32.1. The Bertz CT molecular complexity index is 931. The Labute approximate surface area is 141 Å². The Balaban J connectivity index is 2.17. The fourth-order valence-electron chi connectivity index (χ4n) is 2.51. The van der Waals surface area contributed by atoms with E-state index in [-0.39, 0.29) is 0 Å². The molecule has 1 atom stereocenters. The summed E-state index contributed by atoms with van der Waals surface area (Å²) in [6.45, 7) is 3.22. The Morgan fingerprint density at radius 2 is 2.17 bits per heavy atom. The molecule has 0 unspecified atom stereocenters. The number of carboxylic acids is 1. The number of carbonyl (C=O) groups excluding carboxylic acids is 1. The van der Waals surface area contributed by atoms with E-state index in [9.17, 15) is 9.59 Å². The van der Waals surface area contributed by atoms with Crippen LogP contribution in [0, 0.1) is 6.92 Å². The largest absolute Gasteiger partial charge is 0.480 e. The van der Waals surface area contributed by atoms with Crippen molar-refractivity contribution in [1.82, 2.24) is 20.1 Å². The number of carboxylic acid groups (broad SMARTS) is 1. The molecular formula is C16H16N4O3S. The van der Waals surface area contributed by atoms with Crippen molar-refractivity contribution in [1.29, 1.82) is 0 Å². The van der Waals surface area contributed by atoms with Crippen LogP contribution in [-0.4, -0.2) is 37.8 Å². The quantitative estimate of drug-likeness (QED) is 0.756. The number of aliphatic carboxylic acids is 1. The summed E-state index contributed by atoms with van der Waals surface area (Å²) in [6.07, 6.45) is 0. The summed E-state index contributed by atoms with van der Waals surface area (Å²) in [7, 11) is 1.77. The number of hydrogen-bond acceptors (Lipinski definition) is 5. The van der Waals surface area contributed by atoms with Crippen molar-refractivity contribution in [3.05, 3.63) is 34.8 Å². The first-order valence-corrected chi connectivity index (χ1v) is 8.18. The lowest BCUT2D eigenvalue weighted by molar-refractivity contribution is -0.138. The van der Waals surface area contributed by atoms with E-state index >= 15 is 0 Å². The molecule has 0 saturated carbocycles. The first-order valence-electron chi connectivity index (χ1n) is 7.30. The van der Waals surface area contributed by atoms with Gasteiger partial charge in [0, 0.05) is 7.05 Å². The molecule has 3 aromatic rings. The molecule has 124 valence electrons. The van der Waals surface area contributed by atoms with E-state index in [1.807, 2.05) is 17.5 Å². The van der Waals surface area contributed by atoms with Crippen molar-refractivity contribution in [2.45, 2.75) is 19.9 Å². The van der Waals surface area contributed by atoms with Gasteiger partial charge in [0.1, 0.15) is 6.04 Å². The molecule has 0 saturated heterocycles. The number of hydrogen-bond donors (Lipinski definition) is 2. The van der Waals surface area contributed by atoms with Gasteiger partial charge in [0.2, 0.25) is 0 Å². The number of nitrogens with zero attached hydrogens (tertiary/aromatic N) is 3.